The van der Waals surface area contributed by atoms with Gasteiger partial charge in [-0.25, -0.2) is 4.98 Å². The summed E-state index contributed by atoms with van der Waals surface area (Å²) in [5, 5.41) is 13.9. The maximum Gasteiger partial charge on any atom is 0.238 e. The summed E-state index contributed by atoms with van der Waals surface area (Å²) in [6, 6.07) is 106. The van der Waals surface area contributed by atoms with Crippen LogP contribution in [-0.2, 0) is 0 Å². The van der Waals surface area contributed by atoms with E-state index in [1.54, 1.807) is 0 Å². The molecule has 2 aromatic heterocycles. The first-order valence-electron chi connectivity index (χ1n) is 28.3. The van der Waals surface area contributed by atoms with Crippen LogP contribution in [0.15, 0.2) is 285 Å². The molecule has 0 atom stereocenters. The minimum Gasteiger partial charge on any atom is -0.310 e. The highest BCUT2D eigenvalue weighted by molar-refractivity contribution is 7.25. The number of hydrogen-bond donors (Lipinski definition) is 0. The first-order valence-corrected chi connectivity index (χ1v) is 32.3. The summed E-state index contributed by atoms with van der Waals surface area (Å²) in [7, 11) is -5.59. The second-order valence-corrected chi connectivity index (χ2v) is 29.4. The average molecular weight is 1070 g/mol. The minimum absolute atomic E-state index is 0.570. The molecule has 0 saturated heterocycles. The zero-order chi connectivity index (χ0) is 53.7. The molecule has 7 heteroatoms. The van der Waals surface area contributed by atoms with Crippen LogP contribution in [0.4, 0.5) is 17.1 Å². The fourth-order valence-electron chi connectivity index (χ4n) is 15.2. The van der Waals surface area contributed by atoms with Crippen molar-refractivity contribution in [2.75, 3.05) is 4.90 Å². The van der Waals surface area contributed by atoms with E-state index in [4.69, 9.17) is 15.0 Å². The van der Waals surface area contributed by atoms with Gasteiger partial charge in [-0.05, 0) is 135 Å². The molecule has 0 aliphatic carbocycles. The Balaban J connectivity index is 0.937. The van der Waals surface area contributed by atoms with Crippen molar-refractivity contribution in [3.8, 4) is 73.2 Å². The van der Waals surface area contributed by atoms with Gasteiger partial charge in [0.25, 0.3) is 0 Å². The van der Waals surface area contributed by atoms with E-state index >= 15 is 0 Å². The molecule has 6 heterocycles. The van der Waals surface area contributed by atoms with E-state index in [2.05, 4.69) is 282 Å². The Labute approximate surface area is 476 Å². The Kier molecular flexibility index (Phi) is 9.50. The molecule has 4 aliphatic heterocycles. The van der Waals surface area contributed by atoms with E-state index in [0.29, 0.717) is 17.6 Å². The van der Waals surface area contributed by atoms with Crippen LogP contribution >= 0.6 is 0 Å². The van der Waals surface area contributed by atoms with Gasteiger partial charge in [0, 0.05) is 39.0 Å². The van der Waals surface area contributed by atoms with Crippen LogP contribution in [-0.4, -0.2) is 35.7 Å². The van der Waals surface area contributed by atoms with Gasteiger partial charge in [0.05, 0.1) is 11.0 Å². The number of nitrogens with zero attached hydrogens (tertiary/aromatic N) is 5. The van der Waals surface area contributed by atoms with Gasteiger partial charge in [-0.15, -0.1) is 0 Å². The molecule has 0 N–H and O–H groups in total. The Morgan fingerprint density at radius 1 is 0.280 bits per heavy atom. The van der Waals surface area contributed by atoms with E-state index in [0.717, 1.165) is 44.6 Å². The predicted octanol–water partition coefficient (Wildman–Crippen LogP) is 12.4. The van der Waals surface area contributed by atoms with E-state index < -0.39 is 16.1 Å². The van der Waals surface area contributed by atoms with Crippen molar-refractivity contribution in [2.45, 2.75) is 0 Å². The SMILES string of the molecule is c1ccc(-c2nc(-c3ccccc3)nc(-n3c4ccc(N(c5ccccc5)c5ccc6c(c5)[Si]5(c7ccccc7-c7ccccc75)c5ccccc5-6)cc4c4c5c(ccc43)[Si]3(c4ccccc4-c4ccccc43)c3ccccc3-5)n2)cc1. The molecular formula is C75H47N5Si2. The lowest BCUT2D eigenvalue weighted by Gasteiger charge is -2.30. The zero-order valence-electron chi connectivity index (χ0n) is 44.4. The smallest absolute Gasteiger partial charge is 0.238 e. The topological polar surface area (TPSA) is 46.8 Å². The molecule has 4 aliphatic rings. The molecule has 0 bridgehead atoms. The van der Waals surface area contributed by atoms with Gasteiger partial charge in [-0.3, -0.25) is 4.57 Å². The third-order valence-corrected chi connectivity index (χ3v) is 28.2. The molecule has 380 valence electrons. The van der Waals surface area contributed by atoms with Crippen molar-refractivity contribution >= 4 is 96.5 Å². The van der Waals surface area contributed by atoms with Gasteiger partial charge in [0.15, 0.2) is 27.8 Å². The van der Waals surface area contributed by atoms with Gasteiger partial charge in [0.2, 0.25) is 5.95 Å². The van der Waals surface area contributed by atoms with E-state index in [-0.39, 0.29) is 0 Å². The Morgan fingerprint density at radius 3 is 1.18 bits per heavy atom. The Morgan fingerprint density at radius 2 is 0.671 bits per heavy atom. The summed E-state index contributed by atoms with van der Waals surface area (Å²) >= 11 is 0. The average Bonchev–Trinajstić information content (AvgIpc) is 1.94. The summed E-state index contributed by atoms with van der Waals surface area (Å²) in [5.41, 5.74) is 17.8. The molecule has 14 aromatic rings. The van der Waals surface area contributed by atoms with Crippen LogP contribution in [0, 0.1) is 0 Å². The van der Waals surface area contributed by atoms with Crippen LogP contribution in [0.3, 0.4) is 0 Å². The van der Waals surface area contributed by atoms with Crippen LogP contribution < -0.4 is 46.4 Å². The number of hydrogen-bond acceptors (Lipinski definition) is 4. The summed E-state index contributed by atoms with van der Waals surface area (Å²) in [6.45, 7) is 0. The van der Waals surface area contributed by atoms with Crippen LogP contribution in [0.5, 0.6) is 0 Å². The highest BCUT2D eigenvalue weighted by Gasteiger charge is 2.56. The van der Waals surface area contributed by atoms with Crippen molar-refractivity contribution in [1.82, 2.24) is 19.5 Å². The number of para-hydroxylation sites is 1. The second-order valence-electron chi connectivity index (χ2n) is 22.1. The van der Waals surface area contributed by atoms with Crippen LogP contribution in [0.2, 0.25) is 0 Å². The first kappa shape index (κ1) is 45.5. The quantitative estimate of drug-likeness (QED) is 0.156. The molecule has 0 fully saturated rings. The van der Waals surface area contributed by atoms with Crippen molar-refractivity contribution < 1.29 is 0 Å². The number of aromatic nitrogens is 4. The number of rotatable bonds is 6. The molecule has 0 amide bonds. The second kappa shape index (κ2) is 17.1. The molecule has 2 spiro atoms. The molecule has 0 unspecified atom stereocenters. The highest BCUT2D eigenvalue weighted by atomic mass is 28.3. The molecule has 82 heavy (non-hydrogen) atoms. The standard InChI is InChI=1S/C75H47N5Si2/c1-4-22-48(23-5-1)73-76-74(49-24-6-2-7-25-49)78-75(77-73)80-61-43-41-51(46-60(61)71-62(80)44-45-69-72(71)59-33-15-21-39-68(59)81(69)63-34-16-10-28-53(63)54-29-11-17-35-64(54)81)79(50-26-8-3-9-27-50)52-40-42-58-57-32-14-20-38-67(57)82(70(58)47-52)65-36-18-12-30-55(65)56-31-13-19-37-66(56)82/h1-47H. The Hall–Kier alpha value is -10.3. The number of benzene rings is 12. The largest absolute Gasteiger partial charge is 0.310 e. The molecule has 0 radical (unpaired) electrons. The van der Waals surface area contributed by atoms with Crippen LogP contribution in [0.1, 0.15) is 0 Å². The zero-order valence-corrected chi connectivity index (χ0v) is 46.4. The lowest BCUT2D eigenvalue weighted by molar-refractivity contribution is 0.953. The molecule has 0 saturated carbocycles. The van der Waals surface area contributed by atoms with Crippen molar-refractivity contribution in [1.29, 1.82) is 0 Å². The van der Waals surface area contributed by atoms with Gasteiger partial charge in [-0.1, -0.05) is 237 Å². The van der Waals surface area contributed by atoms with E-state index in [9.17, 15) is 0 Å². The van der Waals surface area contributed by atoms with Crippen molar-refractivity contribution in [3.05, 3.63) is 285 Å². The highest BCUT2D eigenvalue weighted by Crippen LogP contribution is 2.47. The summed E-state index contributed by atoms with van der Waals surface area (Å²) in [4.78, 5) is 18.6. The minimum atomic E-state index is -2.83. The molecular weight excluding hydrogens is 1030 g/mol. The fourth-order valence-corrected chi connectivity index (χ4v) is 26.4. The van der Waals surface area contributed by atoms with Gasteiger partial charge < -0.3 is 4.90 Å². The van der Waals surface area contributed by atoms with Gasteiger partial charge in [-0.2, -0.15) is 9.97 Å². The summed E-state index contributed by atoms with van der Waals surface area (Å²) < 4.78 is 2.31. The summed E-state index contributed by atoms with van der Waals surface area (Å²) in [6.07, 6.45) is 0. The van der Waals surface area contributed by atoms with Gasteiger partial charge >= 0.3 is 0 Å². The molecule has 18 rings (SSSR count). The normalized spacial score (nSPS) is 13.8. The third-order valence-electron chi connectivity index (χ3n) is 18.3. The summed E-state index contributed by atoms with van der Waals surface area (Å²) in [5.74, 6) is 1.81. The lowest BCUT2D eigenvalue weighted by atomic mass is 9.99. The predicted molar refractivity (Wildman–Crippen MR) is 343 cm³/mol. The maximum atomic E-state index is 5.45. The van der Waals surface area contributed by atoms with Crippen LogP contribution in [0.25, 0.3) is 95.0 Å². The van der Waals surface area contributed by atoms with E-state index in [1.807, 2.05) is 12.1 Å². The first-order chi connectivity index (χ1) is 40.7. The van der Waals surface area contributed by atoms with Crippen molar-refractivity contribution in [3.63, 3.8) is 0 Å². The maximum absolute atomic E-state index is 5.45. The number of fused-ring (bicyclic) bond motifs is 24. The molecule has 12 aromatic carbocycles. The van der Waals surface area contributed by atoms with Gasteiger partial charge in [0.1, 0.15) is 0 Å². The molecule has 5 nitrogen and oxygen atoms in total. The lowest BCUT2D eigenvalue weighted by Crippen LogP contribution is -2.70. The number of anilines is 3. The fraction of sp³-hybridized carbons (Fsp3) is 0. The Bertz CT molecular complexity index is 4850. The van der Waals surface area contributed by atoms with Crippen molar-refractivity contribution in [2.24, 2.45) is 0 Å². The van der Waals surface area contributed by atoms with E-state index in [1.165, 1.54) is 91.4 Å². The monoisotopic (exact) mass is 1070 g/mol. The third kappa shape index (κ3) is 5.97.